The summed E-state index contributed by atoms with van der Waals surface area (Å²) in [5.74, 6) is -0.0556. The summed E-state index contributed by atoms with van der Waals surface area (Å²) in [5, 5.41) is 13.1. The number of aliphatic hydroxyl groups is 1. The molecule has 27 heavy (non-hydrogen) atoms. The van der Waals surface area contributed by atoms with Crippen LogP contribution in [-0.4, -0.2) is 49.5 Å². The number of sulfonamides is 1. The molecule has 8 heteroatoms. The zero-order valence-corrected chi connectivity index (χ0v) is 16.9. The first kappa shape index (κ1) is 20.6. The summed E-state index contributed by atoms with van der Waals surface area (Å²) in [5.41, 5.74) is 0. The highest BCUT2D eigenvalue weighted by molar-refractivity contribution is 7.89. The van der Waals surface area contributed by atoms with Gasteiger partial charge in [0.1, 0.15) is 0 Å². The number of halogens is 1. The molecule has 1 aliphatic heterocycles. The molecule has 1 saturated carbocycles. The van der Waals surface area contributed by atoms with Crippen LogP contribution < -0.4 is 5.32 Å². The summed E-state index contributed by atoms with van der Waals surface area (Å²) < 4.78 is 26.9. The number of amides is 1. The maximum atomic E-state index is 12.7. The fourth-order valence-corrected chi connectivity index (χ4v) is 5.63. The summed E-state index contributed by atoms with van der Waals surface area (Å²) >= 11 is 5.83. The molecule has 1 aromatic carbocycles. The Balaban J connectivity index is 1.56. The van der Waals surface area contributed by atoms with Gasteiger partial charge in [-0.25, -0.2) is 8.42 Å². The Labute approximate surface area is 165 Å². The van der Waals surface area contributed by atoms with Gasteiger partial charge in [-0.3, -0.25) is 4.79 Å². The topological polar surface area (TPSA) is 86.7 Å². The number of carbonyl (C=O) groups is 1. The predicted octanol–water partition coefficient (Wildman–Crippen LogP) is 2.41. The highest BCUT2D eigenvalue weighted by Gasteiger charge is 2.34. The molecule has 1 aliphatic carbocycles. The number of nitrogens with one attached hydrogen (secondary N) is 1. The molecule has 1 saturated heterocycles. The third kappa shape index (κ3) is 4.83. The van der Waals surface area contributed by atoms with Crippen molar-refractivity contribution in [3.63, 3.8) is 0 Å². The van der Waals surface area contributed by atoms with Gasteiger partial charge in [0.15, 0.2) is 0 Å². The molecule has 2 fully saturated rings. The molecule has 1 amide bonds. The number of nitrogens with zero attached hydrogens (tertiary/aromatic N) is 1. The molecule has 0 spiro atoms. The summed E-state index contributed by atoms with van der Waals surface area (Å²) in [6.07, 6.45) is 5.03. The van der Waals surface area contributed by atoms with Crippen LogP contribution in [0.1, 0.15) is 38.5 Å². The number of hydrogen-bond donors (Lipinski definition) is 2. The second-order valence-corrected chi connectivity index (χ2v) is 9.85. The molecular formula is C19H27ClN2O4S. The maximum Gasteiger partial charge on any atom is 0.243 e. The van der Waals surface area contributed by atoms with E-state index < -0.39 is 10.0 Å². The number of hydrogen-bond acceptors (Lipinski definition) is 4. The second-order valence-electron chi connectivity index (χ2n) is 7.47. The molecule has 6 nitrogen and oxygen atoms in total. The number of aliphatic hydroxyl groups excluding tert-OH is 1. The van der Waals surface area contributed by atoms with Gasteiger partial charge >= 0.3 is 0 Å². The first-order valence-corrected chi connectivity index (χ1v) is 11.4. The summed E-state index contributed by atoms with van der Waals surface area (Å²) in [4.78, 5) is 12.8. The average Bonchev–Trinajstić information content (AvgIpc) is 2.69. The van der Waals surface area contributed by atoms with E-state index in [4.69, 9.17) is 11.6 Å². The fraction of sp³-hybridized carbons (Fsp3) is 0.632. The van der Waals surface area contributed by atoms with Crippen LogP contribution >= 0.6 is 11.6 Å². The summed E-state index contributed by atoms with van der Waals surface area (Å²) in [7, 11) is -3.56. The molecule has 0 aromatic heterocycles. The van der Waals surface area contributed by atoms with E-state index in [1.165, 1.54) is 16.4 Å². The molecule has 0 bridgehead atoms. The third-order valence-corrected chi connectivity index (χ3v) is 7.91. The second kappa shape index (κ2) is 8.90. The van der Waals surface area contributed by atoms with Gasteiger partial charge in [0.25, 0.3) is 0 Å². The van der Waals surface area contributed by atoms with E-state index in [1.54, 1.807) is 12.1 Å². The molecule has 3 rings (SSSR count). The highest BCUT2D eigenvalue weighted by atomic mass is 35.5. The highest BCUT2D eigenvalue weighted by Crippen LogP contribution is 2.27. The molecule has 1 aromatic rings. The first-order valence-electron chi connectivity index (χ1n) is 9.59. The van der Waals surface area contributed by atoms with Gasteiger partial charge in [-0.05, 0) is 49.9 Å². The van der Waals surface area contributed by atoms with Crippen molar-refractivity contribution >= 4 is 27.5 Å². The quantitative estimate of drug-likeness (QED) is 0.774. The lowest BCUT2D eigenvalue weighted by Crippen LogP contribution is -2.48. The van der Waals surface area contributed by atoms with Crippen LogP contribution in [0.2, 0.25) is 5.02 Å². The molecule has 2 aliphatic rings. The first-order chi connectivity index (χ1) is 12.9. The van der Waals surface area contributed by atoms with Crippen molar-refractivity contribution in [2.24, 2.45) is 11.8 Å². The Kier molecular flexibility index (Phi) is 6.78. The zero-order valence-electron chi connectivity index (χ0n) is 15.3. The summed E-state index contributed by atoms with van der Waals surface area (Å²) in [6.45, 7) is 0.761. The Morgan fingerprint density at radius 2 is 1.74 bits per heavy atom. The van der Waals surface area contributed by atoms with Crippen molar-refractivity contribution in [2.75, 3.05) is 19.7 Å². The smallest absolute Gasteiger partial charge is 0.243 e. The molecule has 2 N–H and O–H groups in total. The van der Waals surface area contributed by atoms with Crippen LogP contribution in [0.5, 0.6) is 0 Å². The van der Waals surface area contributed by atoms with Crippen LogP contribution in [0.15, 0.2) is 29.2 Å². The minimum atomic E-state index is -3.56. The van der Waals surface area contributed by atoms with E-state index in [0.717, 1.165) is 25.7 Å². The van der Waals surface area contributed by atoms with Gasteiger partial charge in [-0.2, -0.15) is 4.31 Å². The molecule has 150 valence electrons. The van der Waals surface area contributed by atoms with Crippen molar-refractivity contribution in [1.82, 2.24) is 9.62 Å². The largest absolute Gasteiger partial charge is 0.396 e. The number of benzene rings is 1. The lowest BCUT2D eigenvalue weighted by molar-refractivity contribution is -0.127. The van der Waals surface area contributed by atoms with E-state index in [-0.39, 0.29) is 35.3 Å². The van der Waals surface area contributed by atoms with Crippen molar-refractivity contribution in [1.29, 1.82) is 0 Å². The van der Waals surface area contributed by atoms with Crippen LogP contribution in [-0.2, 0) is 14.8 Å². The molecule has 1 heterocycles. The normalized spacial score (nSPS) is 25.3. The van der Waals surface area contributed by atoms with Crippen LogP contribution in [0.3, 0.4) is 0 Å². The summed E-state index contributed by atoms with van der Waals surface area (Å²) in [6, 6.07) is 6.18. The van der Waals surface area contributed by atoms with Crippen molar-refractivity contribution in [3.05, 3.63) is 29.3 Å². The van der Waals surface area contributed by atoms with Gasteiger partial charge in [-0.1, -0.05) is 24.4 Å². The van der Waals surface area contributed by atoms with Crippen molar-refractivity contribution in [3.8, 4) is 0 Å². The lowest BCUT2D eigenvalue weighted by atomic mass is 9.84. The standard InChI is InChI=1S/C19H27ClN2O4S/c20-16-5-7-17(8-6-16)27(25,26)22-11-9-14(10-12-22)19(24)21-18-4-2-1-3-15(18)13-23/h5-8,14-15,18,23H,1-4,9-13H2,(H,21,24)/t15-,18+/m0/s1. The van der Waals surface area contributed by atoms with E-state index in [1.807, 2.05) is 0 Å². The van der Waals surface area contributed by atoms with Gasteiger partial charge in [0.2, 0.25) is 15.9 Å². The Morgan fingerprint density at radius 3 is 2.37 bits per heavy atom. The van der Waals surface area contributed by atoms with Crippen molar-refractivity contribution in [2.45, 2.75) is 49.5 Å². The third-order valence-electron chi connectivity index (χ3n) is 5.75. The number of carbonyl (C=O) groups excluding carboxylic acids is 1. The number of piperidine rings is 1. The minimum Gasteiger partial charge on any atom is -0.396 e. The zero-order chi connectivity index (χ0) is 19.4. The molecule has 0 unspecified atom stereocenters. The molecule has 0 radical (unpaired) electrons. The van der Waals surface area contributed by atoms with E-state index in [0.29, 0.717) is 31.0 Å². The van der Waals surface area contributed by atoms with Crippen LogP contribution in [0.25, 0.3) is 0 Å². The fourth-order valence-electron chi connectivity index (χ4n) is 4.03. The predicted molar refractivity (Wildman–Crippen MR) is 104 cm³/mol. The van der Waals surface area contributed by atoms with Gasteiger partial charge in [-0.15, -0.1) is 0 Å². The molecule has 2 atom stereocenters. The Hall–Kier alpha value is -1.15. The van der Waals surface area contributed by atoms with Crippen molar-refractivity contribution < 1.29 is 18.3 Å². The van der Waals surface area contributed by atoms with E-state index >= 15 is 0 Å². The SMILES string of the molecule is O=C(N[C@@H]1CCCC[C@H]1CO)C1CCN(S(=O)(=O)c2ccc(Cl)cc2)CC1. The van der Waals surface area contributed by atoms with Gasteiger partial charge in [0, 0.05) is 42.6 Å². The van der Waals surface area contributed by atoms with Gasteiger partial charge < -0.3 is 10.4 Å². The lowest BCUT2D eigenvalue weighted by Gasteiger charge is -2.34. The Bertz CT molecular complexity index is 745. The monoisotopic (exact) mass is 414 g/mol. The molecular weight excluding hydrogens is 388 g/mol. The van der Waals surface area contributed by atoms with Crippen LogP contribution in [0.4, 0.5) is 0 Å². The Morgan fingerprint density at radius 1 is 1.11 bits per heavy atom. The van der Waals surface area contributed by atoms with E-state index in [2.05, 4.69) is 5.32 Å². The minimum absolute atomic E-state index is 0.0103. The van der Waals surface area contributed by atoms with Crippen LogP contribution in [0, 0.1) is 11.8 Å². The number of rotatable bonds is 5. The van der Waals surface area contributed by atoms with E-state index in [9.17, 15) is 18.3 Å². The average molecular weight is 415 g/mol. The van der Waals surface area contributed by atoms with Gasteiger partial charge in [0.05, 0.1) is 4.90 Å². The maximum absolute atomic E-state index is 12.7.